The Morgan fingerprint density at radius 1 is 1.79 bits per heavy atom. The average Bonchev–Trinajstić information content (AvgIpc) is 2.51. The van der Waals surface area contributed by atoms with Gasteiger partial charge in [-0.15, -0.1) is 0 Å². The topological polar surface area (TPSA) is 105 Å². The molecular formula is C7H11N3O4. The van der Waals surface area contributed by atoms with Gasteiger partial charge in [0.2, 0.25) is 0 Å². The van der Waals surface area contributed by atoms with Crippen LogP contribution in [0.25, 0.3) is 0 Å². The molecule has 0 radical (unpaired) electrons. The molecule has 1 saturated heterocycles. The van der Waals surface area contributed by atoms with Gasteiger partial charge in [-0.2, -0.15) is 0 Å². The van der Waals surface area contributed by atoms with Gasteiger partial charge < -0.3 is 15.6 Å². The predicted octanol–water partition coefficient (Wildman–Crippen LogP) is -1.41. The number of cyclic esters (lactones) is 1. The van der Waals surface area contributed by atoms with Crippen LogP contribution in [0.4, 0.5) is 0 Å². The number of guanidine groups is 1. The highest BCUT2D eigenvalue weighted by molar-refractivity contribution is 5.87. The first-order valence-corrected chi connectivity index (χ1v) is 3.97. The summed E-state index contributed by atoms with van der Waals surface area (Å²) in [6.07, 6.45) is 0. The fraction of sp³-hybridized carbons (Fsp3) is 0.571. The predicted molar refractivity (Wildman–Crippen MR) is 46.4 cm³/mol. The number of rotatable bonds is 2. The molecule has 1 aliphatic rings. The summed E-state index contributed by atoms with van der Waals surface area (Å²) in [6.45, 7) is 1.44. The van der Waals surface area contributed by atoms with Crippen molar-refractivity contribution < 1.29 is 19.4 Å². The zero-order chi connectivity index (χ0) is 10.7. The summed E-state index contributed by atoms with van der Waals surface area (Å²) in [5, 5.41) is 8.55. The lowest BCUT2D eigenvalue weighted by Gasteiger charge is -2.13. The molecular weight excluding hydrogens is 190 g/mol. The Morgan fingerprint density at radius 3 is 2.86 bits per heavy atom. The number of esters is 1. The summed E-state index contributed by atoms with van der Waals surface area (Å²) in [5.74, 6) is -1.46. The molecule has 1 unspecified atom stereocenters. The van der Waals surface area contributed by atoms with Crippen molar-refractivity contribution in [3.8, 4) is 0 Å². The van der Waals surface area contributed by atoms with E-state index in [9.17, 15) is 9.59 Å². The van der Waals surface area contributed by atoms with Crippen molar-refractivity contribution in [1.82, 2.24) is 4.90 Å². The second-order valence-corrected chi connectivity index (χ2v) is 2.84. The van der Waals surface area contributed by atoms with Gasteiger partial charge in [0.1, 0.15) is 12.6 Å². The fourth-order valence-corrected chi connectivity index (χ4v) is 0.879. The number of carboxylic acids is 1. The standard InChI is InChI=1S/C7H11N3O4/c1-4(6(12)13)9-7(8)10-2-5(11)14-3-10/h4H,2-3H2,1H3,(H2,8,9)(H,12,13). The van der Waals surface area contributed by atoms with Crippen LogP contribution >= 0.6 is 0 Å². The highest BCUT2D eigenvalue weighted by Crippen LogP contribution is 2.01. The Kier molecular flexibility index (Phi) is 2.90. The molecule has 1 fully saturated rings. The zero-order valence-corrected chi connectivity index (χ0v) is 7.64. The van der Waals surface area contributed by atoms with Gasteiger partial charge in [-0.05, 0) is 6.92 Å². The second-order valence-electron chi connectivity index (χ2n) is 2.84. The van der Waals surface area contributed by atoms with Crippen LogP contribution in [0.1, 0.15) is 6.92 Å². The molecule has 7 heteroatoms. The molecule has 78 valence electrons. The number of carbonyl (C=O) groups excluding carboxylic acids is 1. The largest absolute Gasteiger partial charge is 0.480 e. The summed E-state index contributed by atoms with van der Waals surface area (Å²) in [7, 11) is 0. The van der Waals surface area contributed by atoms with E-state index in [0.29, 0.717) is 0 Å². The number of carbonyl (C=O) groups is 2. The maximum atomic E-state index is 10.7. The molecule has 3 N–H and O–H groups in total. The quantitative estimate of drug-likeness (QED) is 0.323. The molecule has 0 aromatic heterocycles. The molecule has 1 atom stereocenters. The summed E-state index contributed by atoms with van der Waals surface area (Å²) in [5.41, 5.74) is 5.46. The molecule has 14 heavy (non-hydrogen) atoms. The fourth-order valence-electron chi connectivity index (χ4n) is 0.879. The van der Waals surface area contributed by atoms with E-state index < -0.39 is 18.0 Å². The van der Waals surface area contributed by atoms with E-state index in [4.69, 9.17) is 10.8 Å². The van der Waals surface area contributed by atoms with Gasteiger partial charge in [-0.1, -0.05) is 0 Å². The van der Waals surface area contributed by atoms with E-state index >= 15 is 0 Å². The lowest BCUT2D eigenvalue weighted by Crippen LogP contribution is -2.37. The van der Waals surface area contributed by atoms with Crippen LogP contribution in [0.5, 0.6) is 0 Å². The minimum atomic E-state index is -1.07. The van der Waals surface area contributed by atoms with E-state index in [1.54, 1.807) is 0 Å². The van der Waals surface area contributed by atoms with Crippen molar-refractivity contribution in [3.63, 3.8) is 0 Å². The van der Waals surface area contributed by atoms with Gasteiger partial charge in [-0.3, -0.25) is 9.69 Å². The molecule has 0 amide bonds. The SMILES string of the molecule is CC(N=C(N)N1COC(=O)C1)C(=O)O. The van der Waals surface area contributed by atoms with E-state index in [0.717, 1.165) is 0 Å². The van der Waals surface area contributed by atoms with Gasteiger partial charge in [0, 0.05) is 0 Å². The first-order chi connectivity index (χ1) is 6.50. The summed E-state index contributed by atoms with van der Waals surface area (Å²) in [6, 6.07) is -0.925. The second kappa shape index (κ2) is 3.95. The van der Waals surface area contributed by atoms with Crippen molar-refractivity contribution in [1.29, 1.82) is 0 Å². The molecule has 0 aromatic rings. The van der Waals surface area contributed by atoms with E-state index in [2.05, 4.69) is 9.73 Å². The zero-order valence-electron chi connectivity index (χ0n) is 7.64. The van der Waals surface area contributed by atoms with Crippen LogP contribution in [0.2, 0.25) is 0 Å². The number of nitrogens with zero attached hydrogens (tertiary/aromatic N) is 2. The van der Waals surface area contributed by atoms with Gasteiger partial charge >= 0.3 is 11.9 Å². The molecule has 0 aromatic carbocycles. The molecule has 0 bridgehead atoms. The van der Waals surface area contributed by atoms with Crippen LogP contribution in [-0.2, 0) is 14.3 Å². The molecule has 0 spiro atoms. The Hall–Kier alpha value is -1.79. The van der Waals surface area contributed by atoms with E-state index in [1.165, 1.54) is 11.8 Å². The number of hydrogen-bond acceptors (Lipinski definition) is 4. The minimum Gasteiger partial charge on any atom is -0.480 e. The van der Waals surface area contributed by atoms with Gasteiger partial charge in [0.15, 0.2) is 12.7 Å². The maximum absolute atomic E-state index is 10.7. The van der Waals surface area contributed by atoms with Crippen LogP contribution in [-0.4, -0.2) is 47.2 Å². The van der Waals surface area contributed by atoms with Gasteiger partial charge in [-0.25, -0.2) is 9.79 Å². The number of aliphatic carboxylic acids is 1. The average molecular weight is 201 g/mol. The normalized spacial score (nSPS) is 19.4. The number of ether oxygens (including phenoxy) is 1. The Balaban J connectivity index is 2.60. The Labute approximate surface area is 80.1 Å². The van der Waals surface area contributed by atoms with Crippen molar-refractivity contribution in [2.24, 2.45) is 10.7 Å². The number of hydrogen-bond donors (Lipinski definition) is 2. The van der Waals surface area contributed by atoms with Crippen molar-refractivity contribution >= 4 is 17.9 Å². The number of aliphatic imine (C=N–C) groups is 1. The molecule has 7 nitrogen and oxygen atoms in total. The molecule has 1 heterocycles. The van der Waals surface area contributed by atoms with E-state index in [1.807, 2.05) is 0 Å². The third-order valence-electron chi connectivity index (χ3n) is 1.71. The van der Waals surface area contributed by atoms with Gasteiger partial charge in [0.25, 0.3) is 0 Å². The monoisotopic (exact) mass is 201 g/mol. The van der Waals surface area contributed by atoms with Crippen LogP contribution in [0, 0.1) is 0 Å². The van der Waals surface area contributed by atoms with Crippen LogP contribution in [0.3, 0.4) is 0 Å². The number of carboxylic acid groups (broad SMARTS) is 1. The third kappa shape index (κ3) is 2.35. The first-order valence-electron chi connectivity index (χ1n) is 3.97. The van der Waals surface area contributed by atoms with Crippen molar-refractivity contribution in [2.75, 3.05) is 13.3 Å². The van der Waals surface area contributed by atoms with Crippen molar-refractivity contribution in [2.45, 2.75) is 13.0 Å². The molecule has 1 aliphatic heterocycles. The molecule has 0 saturated carbocycles. The summed E-state index contributed by atoms with van der Waals surface area (Å²) >= 11 is 0. The molecule has 1 rings (SSSR count). The maximum Gasteiger partial charge on any atom is 0.328 e. The Morgan fingerprint density at radius 2 is 2.43 bits per heavy atom. The number of nitrogens with two attached hydrogens (primary N) is 1. The van der Waals surface area contributed by atoms with E-state index in [-0.39, 0.29) is 19.2 Å². The first kappa shape index (κ1) is 10.3. The van der Waals surface area contributed by atoms with Crippen molar-refractivity contribution in [3.05, 3.63) is 0 Å². The highest BCUT2D eigenvalue weighted by atomic mass is 16.6. The highest BCUT2D eigenvalue weighted by Gasteiger charge is 2.23. The molecule has 0 aliphatic carbocycles. The third-order valence-corrected chi connectivity index (χ3v) is 1.71. The lowest BCUT2D eigenvalue weighted by molar-refractivity contribution is -0.138. The smallest absolute Gasteiger partial charge is 0.328 e. The van der Waals surface area contributed by atoms with Crippen LogP contribution in [0.15, 0.2) is 4.99 Å². The Bertz CT molecular complexity index is 289. The van der Waals surface area contributed by atoms with Crippen LogP contribution < -0.4 is 5.73 Å². The van der Waals surface area contributed by atoms with Gasteiger partial charge in [0.05, 0.1) is 0 Å². The lowest BCUT2D eigenvalue weighted by atomic mass is 10.4. The minimum absolute atomic E-state index is 0.00532. The summed E-state index contributed by atoms with van der Waals surface area (Å²) in [4.78, 5) is 26.2. The summed E-state index contributed by atoms with van der Waals surface area (Å²) < 4.78 is 4.61.